The van der Waals surface area contributed by atoms with Gasteiger partial charge >= 0.3 is 0 Å². The van der Waals surface area contributed by atoms with Crippen molar-refractivity contribution >= 4 is 40.7 Å². The molecule has 1 aliphatic rings. The third-order valence-electron chi connectivity index (χ3n) is 4.12. The minimum absolute atomic E-state index is 0.0126. The van der Waals surface area contributed by atoms with Gasteiger partial charge in [-0.25, -0.2) is 0 Å². The topological polar surface area (TPSA) is 58.6 Å². The molecule has 0 aliphatic carbocycles. The molecule has 26 heavy (non-hydrogen) atoms. The van der Waals surface area contributed by atoms with E-state index in [1.54, 1.807) is 17.0 Å². The van der Waals surface area contributed by atoms with Gasteiger partial charge in [-0.05, 0) is 42.8 Å². The molecule has 0 saturated carbocycles. The van der Waals surface area contributed by atoms with Crippen molar-refractivity contribution in [3.05, 3.63) is 63.6 Å². The van der Waals surface area contributed by atoms with Crippen molar-refractivity contribution in [1.29, 1.82) is 0 Å². The molecule has 0 radical (unpaired) electrons. The Morgan fingerprint density at radius 3 is 2.77 bits per heavy atom. The first kappa shape index (κ1) is 18.7. The zero-order valence-corrected chi connectivity index (χ0v) is 15.7. The van der Waals surface area contributed by atoms with Crippen LogP contribution in [0.2, 0.25) is 10.0 Å². The van der Waals surface area contributed by atoms with E-state index in [1.807, 2.05) is 31.2 Å². The smallest absolute Gasteiger partial charge is 0.253 e. The summed E-state index contributed by atoms with van der Waals surface area (Å²) >= 11 is 11.8. The highest BCUT2D eigenvalue weighted by molar-refractivity contribution is 6.42. The van der Waals surface area contributed by atoms with E-state index < -0.39 is 0 Å². The number of carbonyl (C=O) groups excluding carboxylic acids is 2. The van der Waals surface area contributed by atoms with Crippen molar-refractivity contribution in [3.8, 4) is 0 Å². The number of hydrogen-bond donors (Lipinski definition) is 1. The first-order chi connectivity index (χ1) is 12.4. The number of anilines is 1. The number of morpholine rings is 1. The molecule has 1 N–H and O–H groups in total. The molecule has 2 aromatic carbocycles. The first-order valence-electron chi connectivity index (χ1n) is 8.16. The monoisotopic (exact) mass is 392 g/mol. The van der Waals surface area contributed by atoms with Crippen molar-refractivity contribution in [2.75, 3.05) is 24.6 Å². The van der Waals surface area contributed by atoms with Crippen LogP contribution in [0.25, 0.3) is 0 Å². The molecular weight excluding hydrogens is 375 g/mol. The summed E-state index contributed by atoms with van der Waals surface area (Å²) in [7, 11) is 0. The van der Waals surface area contributed by atoms with Crippen LogP contribution in [-0.2, 0) is 9.53 Å². The second kappa shape index (κ2) is 8.08. The van der Waals surface area contributed by atoms with Gasteiger partial charge in [0, 0.05) is 17.8 Å². The molecule has 1 fully saturated rings. The van der Waals surface area contributed by atoms with Gasteiger partial charge in [-0.3, -0.25) is 9.59 Å². The van der Waals surface area contributed by atoms with E-state index in [2.05, 4.69) is 5.32 Å². The standard InChI is InChI=1S/C19H18Cl2N2O3/c1-12-3-2-4-14(7-12)23-10-15(26-11-18(23)24)9-22-19(25)13-5-6-16(20)17(21)8-13/h2-8,15H,9-11H2,1H3,(H,22,25). The molecule has 0 aromatic heterocycles. The maximum absolute atomic E-state index is 12.3. The van der Waals surface area contributed by atoms with Crippen LogP contribution in [0.1, 0.15) is 15.9 Å². The predicted octanol–water partition coefficient (Wildman–Crippen LogP) is 3.46. The molecule has 1 atom stereocenters. The number of rotatable bonds is 4. The Morgan fingerprint density at radius 1 is 1.23 bits per heavy atom. The second-order valence-corrected chi connectivity index (χ2v) is 6.93. The van der Waals surface area contributed by atoms with Crippen molar-refractivity contribution in [2.45, 2.75) is 13.0 Å². The van der Waals surface area contributed by atoms with Crippen LogP contribution in [0.3, 0.4) is 0 Å². The highest BCUT2D eigenvalue weighted by Crippen LogP contribution is 2.23. The van der Waals surface area contributed by atoms with Crippen LogP contribution in [0.4, 0.5) is 5.69 Å². The molecule has 0 bridgehead atoms. The van der Waals surface area contributed by atoms with E-state index in [-0.39, 0.29) is 31.1 Å². The van der Waals surface area contributed by atoms with Crippen molar-refractivity contribution in [1.82, 2.24) is 5.32 Å². The highest BCUT2D eigenvalue weighted by atomic mass is 35.5. The Bertz CT molecular complexity index is 841. The summed E-state index contributed by atoms with van der Waals surface area (Å²) in [5.41, 5.74) is 2.33. The zero-order valence-electron chi connectivity index (χ0n) is 14.2. The second-order valence-electron chi connectivity index (χ2n) is 6.12. The molecule has 1 heterocycles. The van der Waals surface area contributed by atoms with E-state index in [9.17, 15) is 9.59 Å². The highest BCUT2D eigenvalue weighted by Gasteiger charge is 2.27. The van der Waals surface area contributed by atoms with E-state index in [1.165, 1.54) is 6.07 Å². The van der Waals surface area contributed by atoms with Crippen LogP contribution >= 0.6 is 23.2 Å². The molecule has 136 valence electrons. The number of hydrogen-bond acceptors (Lipinski definition) is 3. The molecule has 2 aromatic rings. The fraction of sp³-hybridized carbons (Fsp3) is 0.263. The molecule has 1 unspecified atom stereocenters. The summed E-state index contributed by atoms with van der Waals surface area (Å²) in [5, 5.41) is 3.53. The molecule has 1 saturated heterocycles. The number of amides is 2. The van der Waals surface area contributed by atoms with Crippen LogP contribution in [0.5, 0.6) is 0 Å². The fourth-order valence-corrected chi connectivity index (χ4v) is 3.04. The van der Waals surface area contributed by atoms with Gasteiger partial charge in [-0.1, -0.05) is 35.3 Å². The molecule has 1 aliphatic heterocycles. The minimum Gasteiger partial charge on any atom is -0.365 e. The lowest BCUT2D eigenvalue weighted by atomic mass is 10.1. The quantitative estimate of drug-likeness (QED) is 0.866. The molecular formula is C19H18Cl2N2O3. The van der Waals surface area contributed by atoms with Gasteiger partial charge in [0.2, 0.25) is 0 Å². The Hall–Kier alpha value is -2.08. The van der Waals surface area contributed by atoms with Gasteiger partial charge in [-0.2, -0.15) is 0 Å². The van der Waals surface area contributed by atoms with Crippen LogP contribution in [0, 0.1) is 6.92 Å². The number of aryl methyl sites for hydroxylation is 1. The van der Waals surface area contributed by atoms with Gasteiger partial charge in [0.1, 0.15) is 6.61 Å². The zero-order chi connectivity index (χ0) is 18.7. The average Bonchev–Trinajstić information content (AvgIpc) is 2.63. The summed E-state index contributed by atoms with van der Waals surface area (Å²) in [6.07, 6.45) is -0.292. The lowest BCUT2D eigenvalue weighted by Gasteiger charge is -2.33. The van der Waals surface area contributed by atoms with Gasteiger partial charge in [-0.15, -0.1) is 0 Å². The largest absolute Gasteiger partial charge is 0.365 e. The Morgan fingerprint density at radius 2 is 2.04 bits per heavy atom. The minimum atomic E-state index is -0.292. The van der Waals surface area contributed by atoms with Gasteiger partial charge in [0.05, 0.1) is 22.7 Å². The van der Waals surface area contributed by atoms with Crippen LogP contribution < -0.4 is 10.2 Å². The van der Waals surface area contributed by atoms with E-state index in [0.717, 1.165) is 11.3 Å². The van der Waals surface area contributed by atoms with Crippen molar-refractivity contribution < 1.29 is 14.3 Å². The Balaban J connectivity index is 1.62. The Kier molecular flexibility index (Phi) is 5.81. The number of benzene rings is 2. The SMILES string of the molecule is Cc1cccc(N2CC(CNC(=O)c3ccc(Cl)c(Cl)c3)OCC2=O)c1. The lowest BCUT2D eigenvalue weighted by molar-refractivity contribution is -0.129. The van der Waals surface area contributed by atoms with E-state index in [0.29, 0.717) is 22.2 Å². The molecule has 7 heteroatoms. The third-order valence-corrected chi connectivity index (χ3v) is 4.85. The third kappa shape index (κ3) is 4.36. The molecule has 5 nitrogen and oxygen atoms in total. The Labute approximate surface area is 161 Å². The summed E-state index contributed by atoms with van der Waals surface area (Å²) in [6.45, 7) is 2.63. The number of nitrogens with zero attached hydrogens (tertiary/aromatic N) is 1. The maximum Gasteiger partial charge on any atom is 0.253 e. The van der Waals surface area contributed by atoms with Crippen LogP contribution in [0.15, 0.2) is 42.5 Å². The summed E-state index contributed by atoms with van der Waals surface area (Å²) in [6, 6.07) is 12.4. The molecule has 3 rings (SSSR count). The lowest BCUT2D eigenvalue weighted by Crippen LogP contribution is -2.50. The number of halogens is 2. The average molecular weight is 393 g/mol. The maximum atomic E-state index is 12.3. The fourth-order valence-electron chi connectivity index (χ4n) is 2.74. The molecule has 0 spiro atoms. The summed E-state index contributed by atoms with van der Waals surface area (Å²) < 4.78 is 5.55. The number of carbonyl (C=O) groups is 2. The number of nitrogens with one attached hydrogen (secondary N) is 1. The summed E-state index contributed by atoms with van der Waals surface area (Å²) in [5.74, 6) is -0.367. The first-order valence-corrected chi connectivity index (χ1v) is 8.91. The van der Waals surface area contributed by atoms with Gasteiger partial charge in [0.15, 0.2) is 0 Å². The summed E-state index contributed by atoms with van der Waals surface area (Å²) in [4.78, 5) is 26.1. The number of ether oxygens (including phenoxy) is 1. The van der Waals surface area contributed by atoms with E-state index in [4.69, 9.17) is 27.9 Å². The van der Waals surface area contributed by atoms with Crippen molar-refractivity contribution in [3.63, 3.8) is 0 Å². The van der Waals surface area contributed by atoms with E-state index >= 15 is 0 Å². The molecule has 2 amide bonds. The van der Waals surface area contributed by atoms with Crippen LogP contribution in [-0.4, -0.2) is 37.6 Å². The normalized spacial score (nSPS) is 17.3. The van der Waals surface area contributed by atoms with Gasteiger partial charge in [0.25, 0.3) is 11.8 Å². The van der Waals surface area contributed by atoms with Crippen molar-refractivity contribution in [2.24, 2.45) is 0 Å². The predicted molar refractivity (Wildman–Crippen MR) is 102 cm³/mol. The van der Waals surface area contributed by atoms with Gasteiger partial charge < -0.3 is 15.0 Å².